The van der Waals surface area contributed by atoms with Gasteiger partial charge in [0.25, 0.3) is 0 Å². The molecule has 0 aliphatic heterocycles. The number of carbonyl (C=O) groups is 2. The van der Waals surface area contributed by atoms with E-state index in [4.69, 9.17) is 18.5 Å². The zero-order valence-electron chi connectivity index (χ0n) is 36.2. The van der Waals surface area contributed by atoms with Gasteiger partial charge < -0.3 is 24.6 Å². The van der Waals surface area contributed by atoms with Crippen LogP contribution in [0.4, 0.5) is 0 Å². The summed E-state index contributed by atoms with van der Waals surface area (Å²) < 4.78 is 32.5. The van der Waals surface area contributed by atoms with Crippen molar-refractivity contribution in [2.75, 3.05) is 26.4 Å². The lowest BCUT2D eigenvalue weighted by Crippen LogP contribution is -2.28. The highest BCUT2D eigenvalue weighted by Crippen LogP contribution is 2.43. The lowest BCUT2D eigenvalue weighted by molar-refractivity contribution is -0.153. The molecule has 0 radical (unpaired) electrons. The normalized spacial score (nSPS) is 14.5. The first kappa shape index (κ1) is 55.4. The molecule has 3 N–H and O–H groups in total. The van der Waals surface area contributed by atoms with Gasteiger partial charge in [-0.15, -0.1) is 0 Å². The predicted molar refractivity (Wildman–Crippen MR) is 237 cm³/mol. The summed E-state index contributed by atoms with van der Waals surface area (Å²) in [6.07, 6.45) is 48.9. The van der Waals surface area contributed by atoms with Crippen LogP contribution in [0.2, 0.25) is 0 Å². The second-order valence-corrected chi connectivity index (χ2v) is 16.1. The van der Waals surface area contributed by atoms with Gasteiger partial charge in [-0.2, -0.15) is 0 Å². The highest BCUT2D eigenvalue weighted by Gasteiger charge is 2.27. The van der Waals surface area contributed by atoms with E-state index in [0.29, 0.717) is 12.8 Å². The molecule has 0 aliphatic carbocycles. The molecule has 0 heterocycles. The van der Waals surface area contributed by atoms with Gasteiger partial charge in [0.05, 0.1) is 26.4 Å². The van der Waals surface area contributed by atoms with Crippen molar-refractivity contribution in [2.45, 2.75) is 187 Å². The second-order valence-electron chi connectivity index (χ2n) is 14.7. The van der Waals surface area contributed by atoms with Crippen molar-refractivity contribution < 1.29 is 47.8 Å². The van der Waals surface area contributed by atoms with E-state index in [1.54, 1.807) is 0 Å². The quantitative estimate of drug-likeness (QED) is 0.0235. The minimum absolute atomic E-state index is 0.0644. The first-order valence-electron chi connectivity index (χ1n) is 22.4. The molecule has 0 fully saturated rings. The van der Waals surface area contributed by atoms with Gasteiger partial charge in [0.2, 0.25) is 0 Å². The molecule has 0 aromatic heterocycles. The number of hydrogen-bond acceptors (Lipinski definition) is 9. The summed E-state index contributed by atoms with van der Waals surface area (Å²) in [6.45, 7) is 2.01. The molecule has 11 heteroatoms. The third kappa shape index (κ3) is 40.2. The molecule has 0 aromatic rings. The molecule has 0 amide bonds. The number of ether oxygens (including phenoxy) is 2. The Labute approximate surface area is 352 Å². The van der Waals surface area contributed by atoms with E-state index in [2.05, 4.69) is 74.6 Å². The van der Waals surface area contributed by atoms with Crippen LogP contribution >= 0.6 is 7.82 Å². The second kappa shape index (κ2) is 42.5. The van der Waals surface area contributed by atoms with E-state index in [-0.39, 0.29) is 12.8 Å². The fourth-order valence-electron chi connectivity index (χ4n) is 5.79. The number of rotatable bonds is 41. The van der Waals surface area contributed by atoms with Crippen LogP contribution in [-0.4, -0.2) is 65.7 Å². The number of hydrogen-bond donors (Lipinski definition) is 3. The minimum Gasteiger partial charge on any atom is -0.457 e. The summed E-state index contributed by atoms with van der Waals surface area (Å²) in [7, 11) is -4.66. The Balaban J connectivity index is 4.02. The van der Waals surface area contributed by atoms with Crippen LogP contribution in [0.1, 0.15) is 174 Å². The Morgan fingerprint density at radius 3 is 1.17 bits per heavy atom. The zero-order valence-corrected chi connectivity index (χ0v) is 37.1. The Morgan fingerprint density at radius 1 is 0.483 bits per heavy atom. The van der Waals surface area contributed by atoms with Gasteiger partial charge in [-0.25, -0.2) is 4.57 Å². The van der Waals surface area contributed by atoms with Crippen molar-refractivity contribution in [3.8, 4) is 0 Å². The largest absolute Gasteiger partial charge is 0.472 e. The molecule has 10 nitrogen and oxygen atoms in total. The number of allylic oxidation sites excluding steroid dienone is 12. The van der Waals surface area contributed by atoms with Gasteiger partial charge in [-0.05, 0) is 51.4 Å². The Bertz CT molecular complexity index is 1190. The molecule has 0 bridgehead atoms. The lowest BCUT2D eigenvalue weighted by atomic mass is 10.0. The molecule has 0 rings (SSSR count). The van der Waals surface area contributed by atoms with Crippen molar-refractivity contribution in [3.05, 3.63) is 72.9 Å². The average molecular weight is 837 g/mol. The van der Waals surface area contributed by atoms with Gasteiger partial charge in [0, 0.05) is 12.8 Å². The van der Waals surface area contributed by atoms with Crippen molar-refractivity contribution >= 4 is 19.8 Å². The number of aliphatic hydroxyl groups excluding tert-OH is 2. The van der Waals surface area contributed by atoms with Crippen molar-refractivity contribution in [2.24, 2.45) is 0 Å². The molecule has 0 saturated heterocycles. The predicted octanol–water partition coefficient (Wildman–Crippen LogP) is 12.1. The molecule has 0 aromatic carbocycles. The molecular formula is C47H81O10P. The third-order valence-electron chi connectivity index (χ3n) is 9.20. The van der Waals surface area contributed by atoms with E-state index in [1.165, 1.54) is 77.0 Å². The molecular weight excluding hydrogens is 755 g/mol. The van der Waals surface area contributed by atoms with Crippen LogP contribution in [0.5, 0.6) is 0 Å². The van der Waals surface area contributed by atoms with Crippen LogP contribution in [0.25, 0.3) is 0 Å². The average Bonchev–Trinajstić information content (AvgIpc) is 3.21. The standard InChI is InChI=1S/C47H81O10P/c1-3-5-7-9-11-13-15-17-19-21-22-23-25-27-29-31-33-35-37-39-47(51)57-45(41-49)43-55-58(52,53)54-42-44(40-48)56-46(50)38-36-34-32-30-28-26-24-20-18-16-14-12-10-8-6-4-2/h5,7,11,13,17,19,22-23,27,29,33,35,44-45,48-49H,3-4,6,8-10,12,14-16,18,20-21,24-26,28,30-32,34,36-43H2,1-2H3,(H,52,53)/b7-5-,13-11-,19-17-,23-22-,29-27-,35-33-. The van der Waals surface area contributed by atoms with Crippen LogP contribution in [0.3, 0.4) is 0 Å². The van der Waals surface area contributed by atoms with Crippen molar-refractivity contribution in [3.63, 3.8) is 0 Å². The summed E-state index contributed by atoms with van der Waals surface area (Å²) in [5, 5.41) is 19.2. The number of esters is 2. The maximum absolute atomic E-state index is 12.4. The first-order chi connectivity index (χ1) is 28.3. The topological polar surface area (TPSA) is 149 Å². The Hall–Kier alpha value is -2.59. The van der Waals surface area contributed by atoms with Gasteiger partial charge in [-0.1, -0.05) is 183 Å². The van der Waals surface area contributed by atoms with Crippen LogP contribution in [0, 0.1) is 0 Å². The molecule has 0 spiro atoms. The number of phosphoric ester groups is 1. The van der Waals surface area contributed by atoms with Crippen LogP contribution in [-0.2, 0) is 32.7 Å². The maximum Gasteiger partial charge on any atom is 0.472 e. The van der Waals surface area contributed by atoms with Crippen molar-refractivity contribution in [1.82, 2.24) is 0 Å². The van der Waals surface area contributed by atoms with Gasteiger partial charge in [0.1, 0.15) is 12.2 Å². The monoisotopic (exact) mass is 837 g/mol. The van der Waals surface area contributed by atoms with E-state index in [1.807, 2.05) is 12.2 Å². The molecule has 334 valence electrons. The Morgan fingerprint density at radius 2 is 0.810 bits per heavy atom. The van der Waals surface area contributed by atoms with E-state index in [0.717, 1.165) is 57.8 Å². The van der Waals surface area contributed by atoms with Crippen LogP contribution < -0.4 is 0 Å². The fourth-order valence-corrected chi connectivity index (χ4v) is 6.57. The smallest absolute Gasteiger partial charge is 0.457 e. The highest BCUT2D eigenvalue weighted by atomic mass is 31.2. The summed E-state index contributed by atoms with van der Waals surface area (Å²) >= 11 is 0. The third-order valence-corrected chi connectivity index (χ3v) is 10.1. The zero-order chi connectivity index (χ0) is 42.6. The van der Waals surface area contributed by atoms with Gasteiger partial charge in [0.15, 0.2) is 0 Å². The number of phosphoric acid groups is 1. The Kier molecular flexibility index (Phi) is 40.6. The minimum atomic E-state index is -4.66. The molecule has 3 unspecified atom stereocenters. The van der Waals surface area contributed by atoms with E-state index < -0.39 is 58.4 Å². The lowest BCUT2D eigenvalue weighted by Gasteiger charge is -2.20. The summed E-state index contributed by atoms with van der Waals surface area (Å²) in [4.78, 5) is 34.5. The summed E-state index contributed by atoms with van der Waals surface area (Å²) in [6, 6.07) is 0. The van der Waals surface area contributed by atoms with Crippen LogP contribution in [0.15, 0.2) is 72.9 Å². The highest BCUT2D eigenvalue weighted by molar-refractivity contribution is 7.47. The number of unbranched alkanes of at least 4 members (excludes halogenated alkanes) is 15. The maximum atomic E-state index is 12.4. The van der Waals surface area contributed by atoms with Crippen molar-refractivity contribution in [1.29, 1.82) is 0 Å². The van der Waals surface area contributed by atoms with Gasteiger partial charge >= 0.3 is 19.8 Å². The molecule has 3 atom stereocenters. The molecule has 0 saturated carbocycles. The molecule has 58 heavy (non-hydrogen) atoms. The summed E-state index contributed by atoms with van der Waals surface area (Å²) in [5.41, 5.74) is 0. The molecule has 0 aliphatic rings. The fraction of sp³-hybridized carbons (Fsp3) is 0.702. The first-order valence-corrected chi connectivity index (χ1v) is 23.9. The summed E-state index contributed by atoms with van der Waals surface area (Å²) in [5.74, 6) is -1.11. The van der Waals surface area contributed by atoms with Gasteiger partial charge in [-0.3, -0.25) is 18.6 Å². The number of carbonyl (C=O) groups excluding carboxylic acids is 2. The SMILES string of the molecule is CC/C=C\C/C=C\C/C=C\C/C=C\C/C=C\C/C=C\CCC(=O)OC(CO)COP(=O)(O)OCC(CO)OC(=O)CCCCCCCCCCCCCCCCCC. The van der Waals surface area contributed by atoms with E-state index in [9.17, 15) is 29.3 Å². The number of aliphatic hydroxyl groups is 2. The van der Waals surface area contributed by atoms with E-state index >= 15 is 0 Å².